The number of aliphatic imine (C=N–C) groups is 1. The molecule has 1 aromatic heterocycles. The average molecular weight is 313 g/mol. The van der Waals surface area contributed by atoms with Gasteiger partial charge in [0.25, 0.3) is 0 Å². The molecule has 2 heterocycles. The van der Waals surface area contributed by atoms with Crippen molar-refractivity contribution in [2.75, 3.05) is 6.26 Å². The Balaban J connectivity index is 2.66. The molecule has 0 fully saturated rings. The van der Waals surface area contributed by atoms with Crippen molar-refractivity contribution in [3.63, 3.8) is 0 Å². The summed E-state index contributed by atoms with van der Waals surface area (Å²) in [5, 5.41) is 0.528. The molecule has 0 spiro atoms. The number of pyridine rings is 1. The largest absolute Gasteiger partial charge is 0.231 e. The lowest BCUT2D eigenvalue weighted by Gasteiger charge is -2.07. The predicted molar refractivity (Wildman–Crippen MR) is 63.3 cm³/mol. The van der Waals surface area contributed by atoms with Crippen molar-refractivity contribution in [3.8, 4) is 0 Å². The Labute approximate surface area is 91.9 Å². The molecule has 1 unspecified atom stereocenters. The lowest BCUT2D eigenvalue weighted by atomic mass is 10.5. The van der Waals surface area contributed by atoms with E-state index in [9.17, 15) is 0 Å². The van der Waals surface area contributed by atoms with Crippen LogP contribution in [0.3, 0.4) is 0 Å². The third kappa shape index (κ3) is 1.36. The minimum atomic E-state index is -0.234. The number of rotatable bonds is 0. The monoisotopic (exact) mass is 312 g/mol. The Morgan fingerprint density at radius 2 is 2.33 bits per heavy atom. The third-order valence-corrected chi connectivity index (χ3v) is 4.68. The minimum absolute atomic E-state index is 0.234. The number of aromatic nitrogens is 1. The third-order valence-electron chi connectivity index (χ3n) is 1.60. The van der Waals surface area contributed by atoms with Crippen LogP contribution in [0.4, 0.5) is 5.82 Å². The summed E-state index contributed by atoms with van der Waals surface area (Å²) in [6, 6.07) is 1.88. The lowest BCUT2D eigenvalue weighted by molar-refractivity contribution is 1.19. The number of hydrogen-bond donors (Lipinski definition) is 1. The average Bonchev–Trinajstić information content (AvgIpc) is 2.31. The van der Waals surface area contributed by atoms with Crippen LogP contribution >= 0.6 is 45.1 Å². The zero-order valence-electron chi connectivity index (χ0n) is 6.25. The van der Waals surface area contributed by atoms with Crippen molar-refractivity contribution in [3.05, 3.63) is 14.8 Å². The molecule has 0 aliphatic carbocycles. The van der Waals surface area contributed by atoms with Crippen LogP contribution in [0.1, 0.15) is 0 Å². The molecule has 64 valence electrons. The highest BCUT2D eigenvalue weighted by Crippen LogP contribution is 2.45. The fourth-order valence-corrected chi connectivity index (χ4v) is 4.36. The molecule has 0 aromatic carbocycles. The summed E-state index contributed by atoms with van der Waals surface area (Å²) >= 11 is 8.07. The van der Waals surface area contributed by atoms with Gasteiger partial charge < -0.3 is 0 Å². The van der Waals surface area contributed by atoms with Gasteiger partial charge in [-0.15, -0.1) is 0 Å². The van der Waals surface area contributed by atoms with E-state index in [1.54, 1.807) is 0 Å². The summed E-state index contributed by atoms with van der Waals surface area (Å²) in [5.41, 5.74) is 1.96. The summed E-state index contributed by atoms with van der Waals surface area (Å²) in [6.45, 7) is 0. The number of thiol groups is 1. The summed E-state index contributed by atoms with van der Waals surface area (Å²) in [6.07, 6.45) is 2.17. The van der Waals surface area contributed by atoms with Gasteiger partial charge in [-0.2, -0.15) is 10.9 Å². The molecule has 2 nitrogen and oxygen atoms in total. The molecule has 1 atom stereocenters. The highest BCUT2D eigenvalue weighted by Gasteiger charge is 2.17. The molecule has 1 aromatic rings. The highest BCUT2D eigenvalue weighted by molar-refractivity contribution is 14.1. The Kier molecular flexibility index (Phi) is 2.31. The smallest absolute Gasteiger partial charge is 0.167 e. The molecular weight excluding hydrogens is 307 g/mol. The van der Waals surface area contributed by atoms with Crippen molar-refractivity contribution < 1.29 is 0 Å². The Hall–Kier alpha value is 0.190. The zero-order chi connectivity index (χ0) is 8.72. The summed E-state index contributed by atoms with van der Waals surface area (Å²) in [4.78, 5) is 9.61. The van der Waals surface area contributed by atoms with Gasteiger partial charge in [-0.25, -0.2) is 9.98 Å². The molecule has 5 heteroatoms. The van der Waals surface area contributed by atoms with Crippen LogP contribution < -0.4 is 0 Å². The van der Waals surface area contributed by atoms with Crippen LogP contribution in [0.2, 0.25) is 5.15 Å². The van der Waals surface area contributed by atoms with Gasteiger partial charge >= 0.3 is 0 Å². The predicted octanol–water partition coefficient (Wildman–Crippen LogP) is 3.00. The summed E-state index contributed by atoms with van der Waals surface area (Å²) in [7, 11) is -0.234. The van der Waals surface area contributed by atoms with Gasteiger partial charge in [0.15, 0.2) is 5.82 Å². The molecule has 0 saturated carbocycles. The number of nitrogens with zero attached hydrogens (tertiary/aromatic N) is 2. The van der Waals surface area contributed by atoms with Gasteiger partial charge in [-0.05, 0) is 34.9 Å². The quantitative estimate of drug-likeness (QED) is 0.445. The SMILES string of the molecule is C[SH]1C=Nc2nc(Cl)cc(I)c21. The molecule has 2 rings (SSSR count). The van der Waals surface area contributed by atoms with E-state index in [2.05, 4.69) is 38.8 Å². The first kappa shape index (κ1) is 8.77. The first-order chi connectivity index (χ1) is 5.68. The standard InChI is InChI=1S/C7H6ClIN2S/c1-12-3-10-7-6(12)4(9)2-5(8)11-7/h2-3,12H,1H3. The number of halogens is 2. The first-order valence-corrected chi connectivity index (χ1v) is 6.63. The van der Waals surface area contributed by atoms with Crippen molar-refractivity contribution in [1.82, 2.24) is 4.98 Å². The highest BCUT2D eigenvalue weighted by atomic mass is 127. The Morgan fingerprint density at radius 3 is 3.08 bits per heavy atom. The molecule has 0 saturated heterocycles. The van der Waals surface area contributed by atoms with Crippen LogP contribution in [0.5, 0.6) is 0 Å². The second kappa shape index (κ2) is 3.16. The van der Waals surface area contributed by atoms with Gasteiger partial charge in [-0.3, -0.25) is 0 Å². The Bertz CT molecular complexity index is 367. The van der Waals surface area contributed by atoms with Crippen LogP contribution in [-0.2, 0) is 0 Å². The van der Waals surface area contributed by atoms with E-state index in [0.29, 0.717) is 5.15 Å². The minimum Gasteiger partial charge on any atom is -0.231 e. The molecule has 0 N–H and O–H groups in total. The molecule has 12 heavy (non-hydrogen) atoms. The van der Waals surface area contributed by atoms with Crippen LogP contribution in [0.25, 0.3) is 0 Å². The van der Waals surface area contributed by atoms with Gasteiger partial charge in [0.1, 0.15) is 5.15 Å². The fourth-order valence-electron chi connectivity index (χ4n) is 1.08. The second-order valence-electron chi connectivity index (χ2n) is 2.45. The molecular formula is C7H6ClIN2S. The van der Waals surface area contributed by atoms with E-state index in [0.717, 1.165) is 5.82 Å². The number of fused-ring (bicyclic) bond motifs is 1. The Morgan fingerprint density at radius 1 is 1.58 bits per heavy atom. The van der Waals surface area contributed by atoms with Crippen molar-refractivity contribution >= 4 is 56.5 Å². The van der Waals surface area contributed by atoms with E-state index in [-0.39, 0.29) is 10.9 Å². The summed E-state index contributed by atoms with van der Waals surface area (Å²) in [5.74, 6) is 0.806. The second-order valence-corrected chi connectivity index (χ2v) is 5.90. The molecule has 0 bridgehead atoms. The van der Waals surface area contributed by atoms with Crippen LogP contribution in [0, 0.1) is 3.57 Å². The van der Waals surface area contributed by atoms with E-state index >= 15 is 0 Å². The van der Waals surface area contributed by atoms with Gasteiger partial charge in [-0.1, -0.05) is 11.6 Å². The lowest BCUT2D eigenvalue weighted by Crippen LogP contribution is -1.85. The molecule has 0 radical (unpaired) electrons. The van der Waals surface area contributed by atoms with E-state index < -0.39 is 0 Å². The topological polar surface area (TPSA) is 25.2 Å². The van der Waals surface area contributed by atoms with Crippen molar-refractivity contribution in [2.24, 2.45) is 4.99 Å². The van der Waals surface area contributed by atoms with Crippen molar-refractivity contribution in [1.29, 1.82) is 0 Å². The molecule has 1 aliphatic rings. The van der Waals surface area contributed by atoms with Gasteiger partial charge in [0.2, 0.25) is 0 Å². The zero-order valence-corrected chi connectivity index (χ0v) is 10.1. The van der Waals surface area contributed by atoms with Crippen molar-refractivity contribution in [2.45, 2.75) is 4.90 Å². The van der Waals surface area contributed by atoms with E-state index in [4.69, 9.17) is 11.6 Å². The van der Waals surface area contributed by atoms with E-state index in [1.807, 2.05) is 11.6 Å². The maximum Gasteiger partial charge on any atom is 0.167 e. The number of hydrogen-bond acceptors (Lipinski definition) is 2. The van der Waals surface area contributed by atoms with Gasteiger partial charge in [0, 0.05) is 9.12 Å². The normalized spacial score (nSPS) is 22.8. The van der Waals surface area contributed by atoms with E-state index in [1.165, 1.54) is 8.47 Å². The molecule has 1 aliphatic heterocycles. The first-order valence-electron chi connectivity index (χ1n) is 3.31. The maximum absolute atomic E-state index is 5.79. The fraction of sp³-hybridized carbons (Fsp3) is 0.143. The molecule has 0 amide bonds. The van der Waals surface area contributed by atoms with Crippen LogP contribution in [-0.4, -0.2) is 16.8 Å². The summed E-state index contributed by atoms with van der Waals surface area (Å²) < 4.78 is 1.17. The van der Waals surface area contributed by atoms with Crippen LogP contribution in [0.15, 0.2) is 16.0 Å². The maximum atomic E-state index is 5.79. The van der Waals surface area contributed by atoms with Gasteiger partial charge in [0.05, 0.1) is 4.90 Å².